The van der Waals surface area contributed by atoms with Crippen molar-refractivity contribution < 1.29 is 75.6 Å². The molecule has 6 aromatic rings. The second kappa shape index (κ2) is 37.0. The average Bonchev–Trinajstić information content (AvgIpc) is 1.37. The molecule has 9 aliphatic rings. The number of nitrogens with zero attached hydrogens (tertiary/aromatic N) is 8. The van der Waals surface area contributed by atoms with E-state index in [9.17, 15) is 24.0 Å². The molecule has 0 saturated carbocycles. The molecule has 0 bridgehead atoms. The Bertz CT molecular complexity index is 4770. The number of ether oxygens (including phenoxy) is 5. The molecule has 5 amide bonds. The van der Waals surface area contributed by atoms with Crippen molar-refractivity contribution in [2.45, 2.75) is 254 Å². The predicted octanol–water partition coefficient (Wildman–Crippen LogP) is 15.9. The number of aromatic nitrogens is 3. The van der Waals surface area contributed by atoms with Crippen LogP contribution in [0.25, 0.3) is 16.7 Å². The lowest BCUT2D eigenvalue weighted by Crippen LogP contribution is -2.42. The Kier molecular flexibility index (Phi) is 28.4. The van der Waals surface area contributed by atoms with E-state index in [1.807, 2.05) is 251 Å². The van der Waals surface area contributed by atoms with E-state index in [1.54, 1.807) is 55.2 Å². The van der Waals surface area contributed by atoms with Crippen molar-refractivity contribution in [2.75, 3.05) is 78.5 Å². The van der Waals surface area contributed by atoms with Crippen LogP contribution in [-0.2, 0) is 37.4 Å². The molecule has 15 rings (SSSR count). The van der Waals surface area contributed by atoms with Gasteiger partial charge in [-0.15, -0.1) is 0 Å². The van der Waals surface area contributed by atoms with Crippen LogP contribution in [0.3, 0.4) is 0 Å². The molecular formula is C95H130B3N9O16. The minimum absolute atomic E-state index is 0.0237. The van der Waals surface area contributed by atoms with Crippen LogP contribution in [0.2, 0.25) is 0 Å². The van der Waals surface area contributed by atoms with Gasteiger partial charge in [-0.1, -0.05) is 72.8 Å². The summed E-state index contributed by atoms with van der Waals surface area (Å²) >= 11 is 0. The quantitative estimate of drug-likeness (QED) is 0.105. The molecule has 3 unspecified atom stereocenters. The molecule has 0 aliphatic carbocycles. The second-order valence-electron chi connectivity index (χ2n) is 37.8. The van der Waals surface area contributed by atoms with Gasteiger partial charge in [-0.05, 0) is 251 Å². The fraction of sp³-hybridized carbons (Fsp3) is 0.537. The van der Waals surface area contributed by atoms with Crippen molar-refractivity contribution >= 4 is 73.2 Å². The molecule has 3 spiro atoms. The first-order chi connectivity index (χ1) is 57.7. The van der Waals surface area contributed by atoms with Gasteiger partial charge in [-0.3, -0.25) is 29.3 Å². The van der Waals surface area contributed by atoms with Crippen molar-refractivity contribution in [2.24, 2.45) is 0 Å². The third-order valence-electron chi connectivity index (χ3n) is 24.9. The minimum atomic E-state index is -0.643. The summed E-state index contributed by atoms with van der Waals surface area (Å²) in [4.78, 5) is 84.3. The summed E-state index contributed by atoms with van der Waals surface area (Å²) in [6.45, 7) is 57.3. The smallest absolute Gasteiger partial charge is 0.481 e. The first-order valence-electron chi connectivity index (χ1n) is 43.7. The summed E-state index contributed by atoms with van der Waals surface area (Å²) in [5, 5.41) is 3.40. The van der Waals surface area contributed by atoms with Crippen molar-refractivity contribution in [3.63, 3.8) is 0 Å². The number of allylic oxidation sites excluding steroid dienone is 1. The number of carbonyl (C=O) groups is 5. The molecule has 0 radical (unpaired) electrons. The first-order valence-corrected chi connectivity index (χ1v) is 43.7. The molecule has 1 N–H and O–H groups in total. The number of para-hydroxylation sites is 3. The van der Waals surface area contributed by atoms with Crippen LogP contribution in [-0.4, -0.2) is 231 Å². The van der Waals surface area contributed by atoms with Gasteiger partial charge in [0.25, 0.3) is 17.7 Å². The average molecular weight is 1690 g/mol. The van der Waals surface area contributed by atoms with E-state index in [2.05, 4.69) is 57.6 Å². The molecule has 28 heteroatoms. The second-order valence-corrected chi connectivity index (χ2v) is 37.8. The molecule has 3 aromatic heterocycles. The Morgan fingerprint density at radius 3 is 1.10 bits per heavy atom. The van der Waals surface area contributed by atoms with Crippen molar-refractivity contribution in [3.05, 3.63) is 191 Å². The number of carbonyl (C=O) groups excluding carboxylic acids is 5. The zero-order chi connectivity index (χ0) is 89.8. The van der Waals surface area contributed by atoms with Crippen LogP contribution in [0, 0.1) is 0 Å². The number of amides is 5. The van der Waals surface area contributed by atoms with E-state index in [-0.39, 0.29) is 69.1 Å². The van der Waals surface area contributed by atoms with Gasteiger partial charge in [-0.2, -0.15) is 0 Å². The summed E-state index contributed by atoms with van der Waals surface area (Å²) in [6.07, 6.45) is 13.5. The Balaban J connectivity index is 0.000000152. The van der Waals surface area contributed by atoms with E-state index in [1.165, 1.54) is 5.57 Å². The lowest BCUT2D eigenvalue weighted by atomic mass is 9.49. The van der Waals surface area contributed by atoms with Gasteiger partial charge in [0.1, 0.15) is 62.3 Å². The summed E-state index contributed by atoms with van der Waals surface area (Å²) < 4.78 is 65.9. The van der Waals surface area contributed by atoms with E-state index < -0.39 is 43.5 Å². The van der Waals surface area contributed by atoms with E-state index >= 15 is 0 Å². The lowest BCUT2D eigenvalue weighted by molar-refractivity contribution is 0.00578. The van der Waals surface area contributed by atoms with Gasteiger partial charge in [0.15, 0.2) is 0 Å². The number of hydrogen-bond donors (Lipinski definition) is 1. The highest BCUT2D eigenvalue weighted by Crippen LogP contribution is 2.47. The standard InChI is InChI=1S/C27H33N3O4.C22H25N3O2.C18H23NO3.C16H25BN2O3.C12H24B2O4/c1-6-29(7-2)24(31)22-13-12-19(17-28-22)21-16-27(33-23-11-9-8-10-20(21)23)14-15-30(18-27)25(32)34-26(3,4)5;1-3-25(4-2)21(26)19-10-9-16(14-24-19)18-13-22(11-12-23-15-22)27-20-8-6-5-7-17(18)20;1-13-11-18(21-15-8-6-5-7-14(13)15)9-10-19(12-18)16(20)22-17(2,3)4;1-7-19(8-2)14(20)13-10-9-12(11-18-13)17-21-15(3,4)16(5,6)22-17;1-9(2)10(3,4)16-13(15-9)14-17-11(5,6)12(7,8)18-14/h8-13,16-17H,6-7,14-15,18H2,1-5H3;5-10,13-14,23H,3-4,11-12,15H2,1-2H3;5-8,11H,9-10,12H2,1-4H3;9-11H,7-8H2,1-6H3;1-8H3. The Hall–Kier alpha value is -9.41. The SMILES string of the molecule is CC1(C)OB(B2OC(C)(C)C(C)(C)O2)OC1(C)C.CC1=CC2(CCN(C(=O)OC(C)(C)C)C2)Oc2ccccc21.CCN(CC)C(=O)c1ccc(B2OC(C)(C)C(C)(C)O2)cn1.CCN(CC)C(=O)c1ccc(C2=CC3(CCN(C(=O)OC(C)(C)C)C3)Oc3ccccc32)cn1.CCN(CC)C(=O)c1ccc(C2=CC3(CCNC3)Oc3ccccc32)cn1. The number of pyridine rings is 3. The Labute approximate surface area is 730 Å². The molecule has 3 aromatic carbocycles. The highest BCUT2D eigenvalue weighted by Gasteiger charge is 2.64. The molecule has 25 nitrogen and oxygen atoms in total. The highest BCUT2D eigenvalue weighted by molar-refractivity contribution is 7.11. The normalized spacial score (nSPS) is 22.3. The van der Waals surface area contributed by atoms with Crippen LogP contribution >= 0.6 is 0 Å². The zero-order valence-electron chi connectivity index (χ0n) is 77.3. The summed E-state index contributed by atoms with van der Waals surface area (Å²) in [5.74, 6) is 2.43. The van der Waals surface area contributed by atoms with Crippen LogP contribution in [0.5, 0.6) is 17.2 Å². The van der Waals surface area contributed by atoms with Crippen molar-refractivity contribution in [3.8, 4) is 17.2 Å². The summed E-state index contributed by atoms with van der Waals surface area (Å²) in [5.41, 5.74) is 5.98. The number of nitrogens with one attached hydrogen (secondary N) is 1. The third-order valence-corrected chi connectivity index (χ3v) is 24.9. The number of hydrogen-bond acceptors (Lipinski definition) is 20. The van der Waals surface area contributed by atoms with Crippen molar-refractivity contribution in [1.82, 2.24) is 44.8 Å². The predicted molar refractivity (Wildman–Crippen MR) is 482 cm³/mol. The Morgan fingerprint density at radius 1 is 0.423 bits per heavy atom. The van der Waals surface area contributed by atoms with Gasteiger partial charge >= 0.3 is 33.3 Å². The maximum Gasteiger partial charge on any atom is 0.496 e. The van der Waals surface area contributed by atoms with E-state index in [4.69, 9.17) is 51.6 Å². The fourth-order valence-electron chi connectivity index (χ4n) is 15.7. The molecule has 12 heterocycles. The topological polar surface area (TPSA) is 254 Å². The minimum Gasteiger partial charge on any atom is -0.481 e. The van der Waals surface area contributed by atoms with Crippen LogP contribution in [0.1, 0.15) is 252 Å². The van der Waals surface area contributed by atoms with Crippen LogP contribution in [0.15, 0.2) is 146 Å². The molecule has 6 saturated heterocycles. The van der Waals surface area contributed by atoms with Gasteiger partial charge < -0.3 is 81.4 Å². The highest BCUT2D eigenvalue weighted by atomic mass is 16.7. The number of likely N-dealkylation sites (tertiary alicyclic amines) is 2. The molecule has 660 valence electrons. The monoisotopic (exact) mass is 1690 g/mol. The number of fused-ring (bicyclic) bond motifs is 3. The third kappa shape index (κ3) is 21.4. The van der Waals surface area contributed by atoms with Gasteiger partial charge in [0, 0.05) is 130 Å². The Morgan fingerprint density at radius 2 is 0.756 bits per heavy atom. The lowest BCUT2D eigenvalue weighted by Gasteiger charge is -2.34. The molecule has 123 heavy (non-hydrogen) atoms. The van der Waals surface area contributed by atoms with Gasteiger partial charge in [-0.25, -0.2) is 9.59 Å². The van der Waals surface area contributed by atoms with Crippen LogP contribution < -0.4 is 25.0 Å². The summed E-state index contributed by atoms with van der Waals surface area (Å²) in [6, 6.07) is 35.2. The molecule has 9 aliphatic heterocycles. The maximum absolute atomic E-state index is 12.7. The molecule has 6 fully saturated rings. The fourth-order valence-corrected chi connectivity index (χ4v) is 15.7. The van der Waals surface area contributed by atoms with Crippen LogP contribution in [0.4, 0.5) is 9.59 Å². The van der Waals surface area contributed by atoms with E-state index in [0.717, 1.165) is 87.6 Å². The number of rotatable bonds is 13. The van der Waals surface area contributed by atoms with E-state index in [0.29, 0.717) is 89.0 Å². The maximum atomic E-state index is 12.7. The zero-order valence-corrected chi connectivity index (χ0v) is 77.3. The van der Waals surface area contributed by atoms with Crippen molar-refractivity contribution in [1.29, 1.82) is 0 Å². The number of benzene rings is 3. The van der Waals surface area contributed by atoms with Gasteiger partial charge in [0.05, 0.1) is 46.7 Å². The largest absolute Gasteiger partial charge is 0.496 e. The molecule has 3 atom stereocenters. The first kappa shape index (κ1) is 94.3. The summed E-state index contributed by atoms with van der Waals surface area (Å²) in [7, 11) is -1.40. The molecular weight excluding hydrogens is 1560 g/mol. The van der Waals surface area contributed by atoms with Gasteiger partial charge in [0.2, 0.25) is 0 Å².